The molecule has 2 amide bonds. The fourth-order valence-electron chi connectivity index (χ4n) is 8.61. The Morgan fingerprint density at radius 3 is 1.98 bits per heavy atom. The van der Waals surface area contributed by atoms with Crippen molar-refractivity contribution in [2.24, 2.45) is 5.41 Å². The molecule has 2 saturated carbocycles. The van der Waals surface area contributed by atoms with Gasteiger partial charge in [-0.2, -0.15) is 0 Å². The lowest BCUT2D eigenvalue weighted by atomic mass is 9.82. The zero-order valence-electron chi connectivity index (χ0n) is 35.2. The number of rotatable bonds is 17. The highest BCUT2D eigenvalue weighted by atomic mass is 32.2. The number of carbonyl (C=O) groups is 4. The average molecular weight is 853 g/mol. The zero-order valence-corrected chi connectivity index (χ0v) is 36.8. The van der Waals surface area contributed by atoms with Gasteiger partial charge in [0.2, 0.25) is 12.1 Å². The first-order valence-electron chi connectivity index (χ1n) is 22.1. The number of ether oxygens (including phenoxy) is 2. The van der Waals surface area contributed by atoms with Crippen molar-refractivity contribution in [3.63, 3.8) is 0 Å². The molecule has 324 valence electrons. The topological polar surface area (TPSA) is 163 Å². The van der Waals surface area contributed by atoms with Gasteiger partial charge < -0.3 is 30.1 Å². The van der Waals surface area contributed by atoms with Gasteiger partial charge >= 0.3 is 11.9 Å². The van der Waals surface area contributed by atoms with E-state index in [2.05, 4.69) is 34.4 Å². The molecule has 2 aromatic rings. The lowest BCUT2D eigenvalue weighted by Crippen LogP contribution is -2.56. The Labute approximate surface area is 358 Å². The number of carboxylic acids is 1. The molecule has 59 heavy (non-hydrogen) atoms. The summed E-state index contributed by atoms with van der Waals surface area (Å²) < 4.78 is 12.7. The van der Waals surface area contributed by atoms with E-state index in [0.29, 0.717) is 53.5 Å². The smallest absolute Gasteiger partial charge is 0.357 e. The number of nitrogens with one attached hydrogen (secondary N) is 2. The monoisotopic (exact) mass is 852 g/mol. The summed E-state index contributed by atoms with van der Waals surface area (Å²) in [6.07, 6.45) is 13.6. The van der Waals surface area contributed by atoms with Crippen molar-refractivity contribution in [2.45, 2.75) is 158 Å². The highest BCUT2D eigenvalue weighted by Gasteiger charge is 2.43. The van der Waals surface area contributed by atoms with Crippen LogP contribution in [0.3, 0.4) is 0 Å². The highest BCUT2D eigenvalue weighted by molar-refractivity contribution is 7.99. The maximum Gasteiger partial charge on any atom is 0.357 e. The number of piperidine rings is 2. The number of esters is 1. The molecule has 2 aliphatic carbocycles. The predicted octanol–water partition coefficient (Wildman–Crippen LogP) is 7.71. The lowest BCUT2D eigenvalue weighted by Gasteiger charge is -2.42. The minimum atomic E-state index is -1.18. The van der Waals surface area contributed by atoms with E-state index in [9.17, 15) is 24.3 Å². The Kier molecular flexibility index (Phi) is 16.8. The van der Waals surface area contributed by atoms with E-state index in [1.165, 1.54) is 24.6 Å². The second-order valence-corrected chi connectivity index (χ2v) is 19.1. The molecule has 15 heteroatoms. The van der Waals surface area contributed by atoms with Crippen LogP contribution < -0.4 is 20.3 Å². The number of aromatic nitrogens is 2. The summed E-state index contributed by atoms with van der Waals surface area (Å²) in [4.78, 5) is 67.2. The van der Waals surface area contributed by atoms with Gasteiger partial charge in [0.15, 0.2) is 0 Å². The van der Waals surface area contributed by atoms with Crippen LogP contribution in [0.5, 0.6) is 5.88 Å². The van der Waals surface area contributed by atoms with Crippen LogP contribution in [0.15, 0.2) is 34.3 Å². The molecule has 13 nitrogen and oxygen atoms in total. The molecule has 2 saturated heterocycles. The summed E-state index contributed by atoms with van der Waals surface area (Å²) in [6, 6.07) is 7.36. The molecule has 2 aliphatic heterocycles. The minimum absolute atomic E-state index is 0.0635. The summed E-state index contributed by atoms with van der Waals surface area (Å²) in [5.41, 5.74) is -0.00451. The number of likely N-dealkylation sites (tertiary alicyclic amines) is 1. The normalized spacial score (nSPS) is 22.7. The van der Waals surface area contributed by atoms with Gasteiger partial charge in [0, 0.05) is 44.3 Å². The van der Waals surface area contributed by atoms with Crippen molar-refractivity contribution in [1.82, 2.24) is 25.5 Å². The second kappa shape index (κ2) is 21.9. The summed E-state index contributed by atoms with van der Waals surface area (Å²) in [5.74, 6) is 0.540. The van der Waals surface area contributed by atoms with Crippen LogP contribution in [0.25, 0.3) is 0 Å². The molecule has 3 N–H and O–H groups in total. The fourth-order valence-corrected chi connectivity index (χ4v) is 10.3. The Morgan fingerprint density at radius 2 is 1.39 bits per heavy atom. The summed E-state index contributed by atoms with van der Waals surface area (Å²) in [6.45, 7) is 7.65. The van der Waals surface area contributed by atoms with E-state index >= 15 is 0 Å². The number of carboxylic acid groups (broad SMARTS) is 1. The predicted molar refractivity (Wildman–Crippen MR) is 231 cm³/mol. The Morgan fingerprint density at radius 1 is 0.797 bits per heavy atom. The van der Waals surface area contributed by atoms with Crippen molar-refractivity contribution in [1.29, 1.82) is 0 Å². The molecule has 4 heterocycles. The third kappa shape index (κ3) is 12.3. The van der Waals surface area contributed by atoms with Crippen molar-refractivity contribution in [3.8, 4) is 5.88 Å². The summed E-state index contributed by atoms with van der Waals surface area (Å²) in [7, 11) is 0. The van der Waals surface area contributed by atoms with E-state index < -0.39 is 29.7 Å². The van der Waals surface area contributed by atoms with Gasteiger partial charge in [0.25, 0.3) is 11.8 Å². The number of hydrogen-bond donors (Lipinski definition) is 3. The SMILES string of the molecule is CCCSc1nc(OC(=O)C(OC2CCCN(c3ccc(C(=O)NC4CCCCC4)c(SCCC)n3)C2)N2CCCC(C)(C(=O)O)C2)ccc1C(=O)NC1CCCCC1. The van der Waals surface area contributed by atoms with E-state index in [0.717, 1.165) is 94.5 Å². The van der Waals surface area contributed by atoms with E-state index in [1.54, 1.807) is 35.7 Å². The van der Waals surface area contributed by atoms with Gasteiger partial charge in [-0.1, -0.05) is 52.4 Å². The molecule has 0 aromatic carbocycles. The van der Waals surface area contributed by atoms with Gasteiger partial charge in [0.05, 0.1) is 22.6 Å². The third-order valence-electron chi connectivity index (χ3n) is 11.9. The van der Waals surface area contributed by atoms with E-state index in [1.807, 2.05) is 12.1 Å². The zero-order chi connectivity index (χ0) is 41.8. The Hall–Kier alpha value is -3.40. The van der Waals surface area contributed by atoms with Crippen LogP contribution in [0.4, 0.5) is 5.82 Å². The fraction of sp³-hybridized carbons (Fsp3) is 0.682. The first-order valence-corrected chi connectivity index (χ1v) is 24.0. The van der Waals surface area contributed by atoms with Crippen molar-refractivity contribution in [2.75, 3.05) is 42.6 Å². The van der Waals surface area contributed by atoms with Crippen LogP contribution in [0, 0.1) is 5.41 Å². The second-order valence-electron chi connectivity index (χ2n) is 16.9. The number of amides is 2. The molecule has 0 bridgehead atoms. The molecule has 3 unspecified atom stereocenters. The molecule has 4 fully saturated rings. The first-order chi connectivity index (χ1) is 28.6. The van der Waals surface area contributed by atoms with Crippen molar-refractivity contribution < 1.29 is 33.8 Å². The van der Waals surface area contributed by atoms with Crippen LogP contribution >= 0.6 is 23.5 Å². The Balaban J connectivity index is 1.20. The van der Waals surface area contributed by atoms with Gasteiger partial charge in [-0.05, 0) is 101 Å². The molecule has 3 atom stereocenters. The maximum atomic E-state index is 14.3. The van der Waals surface area contributed by atoms with E-state index in [-0.39, 0.29) is 36.3 Å². The number of anilines is 1. The molecule has 0 spiro atoms. The largest absolute Gasteiger partial charge is 0.481 e. The third-order valence-corrected chi connectivity index (χ3v) is 14.3. The number of carbonyl (C=O) groups excluding carboxylic acids is 3. The molecule has 4 aliphatic rings. The van der Waals surface area contributed by atoms with Crippen LogP contribution in [0.1, 0.15) is 144 Å². The van der Waals surface area contributed by atoms with Gasteiger partial charge in [-0.25, -0.2) is 14.8 Å². The molecule has 2 aromatic heterocycles. The highest BCUT2D eigenvalue weighted by Crippen LogP contribution is 2.34. The molecular formula is C44H64N6O7S2. The Bertz CT molecular complexity index is 1760. The molecular weight excluding hydrogens is 789 g/mol. The lowest BCUT2D eigenvalue weighted by molar-refractivity contribution is -0.180. The average Bonchev–Trinajstić information content (AvgIpc) is 3.24. The van der Waals surface area contributed by atoms with Crippen LogP contribution in [-0.2, 0) is 14.3 Å². The number of nitrogens with zero attached hydrogens (tertiary/aromatic N) is 4. The number of thioether (sulfide) groups is 2. The first kappa shape index (κ1) is 45.1. The van der Waals surface area contributed by atoms with Gasteiger partial charge in [0.1, 0.15) is 15.9 Å². The standard InChI is InChI=1S/C44H64N6O7S2/c1-4-26-58-39-33(37(51)45-30-14-8-6-9-15-30)19-21-35(47-39)49-24-12-18-32(28-49)56-41(50-25-13-23-44(3,29-50)43(54)55)42(53)57-36-22-20-34(40(48-36)59-27-5-2)38(52)46-31-16-10-7-11-17-31/h19-22,30-32,41H,4-18,23-29H2,1-3H3,(H,45,51)(H,46,52)(H,54,55). The van der Waals surface area contributed by atoms with Gasteiger partial charge in [-0.15, -0.1) is 23.5 Å². The minimum Gasteiger partial charge on any atom is -0.481 e. The van der Waals surface area contributed by atoms with Crippen LogP contribution in [0.2, 0.25) is 0 Å². The van der Waals surface area contributed by atoms with Crippen molar-refractivity contribution in [3.05, 3.63) is 35.4 Å². The number of aliphatic carboxylic acids is 1. The molecule has 0 radical (unpaired) electrons. The summed E-state index contributed by atoms with van der Waals surface area (Å²) >= 11 is 3.05. The maximum absolute atomic E-state index is 14.3. The summed E-state index contributed by atoms with van der Waals surface area (Å²) in [5, 5.41) is 17.8. The van der Waals surface area contributed by atoms with Crippen LogP contribution in [-0.4, -0.2) is 106 Å². The van der Waals surface area contributed by atoms with Gasteiger partial charge in [-0.3, -0.25) is 19.3 Å². The number of hydrogen-bond acceptors (Lipinski definition) is 12. The number of pyridine rings is 2. The quantitative estimate of drug-likeness (QED) is 0.105. The van der Waals surface area contributed by atoms with E-state index in [4.69, 9.17) is 14.5 Å². The molecule has 6 rings (SSSR count). The van der Waals surface area contributed by atoms with Crippen molar-refractivity contribution >= 4 is 53.1 Å².